The summed E-state index contributed by atoms with van der Waals surface area (Å²) < 4.78 is 22.8. The summed E-state index contributed by atoms with van der Waals surface area (Å²) in [4.78, 5) is 0. The van der Waals surface area contributed by atoms with Crippen molar-refractivity contribution in [2.75, 3.05) is 0 Å². The van der Waals surface area contributed by atoms with Crippen molar-refractivity contribution in [3.63, 3.8) is 0 Å². The van der Waals surface area contributed by atoms with Crippen molar-refractivity contribution in [2.24, 2.45) is 7.05 Å². The second kappa shape index (κ2) is 9.53. The van der Waals surface area contributed by atoms with Gasteiger partial charge in [0, 0.05) is 28.5 Å². The third kappa shape index (κ3) is 4.17. The minimum atomic E-state index is -0.304. The highest BCUT2D eigenvalue weighted by molar-refractivity contribution is 6.14. The Balaban J connectivity index is 1.54. The van der Waals surface area contributed by atoms with Gasteiger partial charge < -0.3 is 4.42 Å². The van der Waals surface area contributed by atoms with Crippen LogP contribution in [0.5, 0.6) is 0 Å². The average Bonchev–Trinajstić information content (AvgIpc) is 3.32. The van der Waals surface area contributed by atoms with E-state index in [1.54, 1.807) is 6.20 Å². The van der Waals surface area contributed by atoms with Gasteiger partial charge in [0.25, 0.3) is 0 Å². The molecule has 4 heteroatoms. The van der Waals surface area contributed by atoms with Crippen LogP contribution in [0.4, 0.5) is 4.39 Å². The van der Waals surface area contributed by atoms with Crippen molar-refractivity contribution in [1.29, 1.82) is 5.26 Å². The predicted molar refractivity (Wildman–Crippen MR) is 155 cm³/mol. The van der Waals surface area contributed by atoms with E-state index < -0.39 is 0 Å². The van der Waals surface area contributed by atoms with E-state index in [0.717, 1.165) is 49.8 Å². The van der Waals surface area contributed by atoms with Gasteiger partial charge in [-0.15, -0.1) is 0 Å². The van der Waals surface area contributed by atoms with E-state index in [2.05, 4.69) is 56.3 Å². The van der Waals surface area contributed by atoms with E-state index in [1.807, 2.05) is 54.9 Å². The van der Waals surface area contributed by atoms with Crippen molar-refractivity contribution in [2.45, 2.75) is 26.7 Å². The zero-order valence-electron chi connectivity index (χ0n) is 22.4. The largest absolute Gasteiger partial charge is 0.454 e. The first-order valence-electron chi connectivity index (χ1n) is 13.1. The summed E-state index contributed by atoms with van der Waals surface area (Å²) in [5.74, 6) is 0.185. The Labute approximate surface area is 227 Å². The van der Waals surface area contributed by atoms with Gasteiger partial charge in [0.05, 0.1) is 17.2 Å². The molecular formula is C35H28FN2O+. The van der Waals surface area contributed by atoms with Crippen molar-refractivity contribution in [3.8, 4) is 39.6 Å². The average molecular weight is 512 g/mol. The maximum atomic E-state index is 14.3. The van der Waals surface area contributed by atoms with Gasteiger partial charge in [0.1, 0.15) is 24.0 Å². The van der Waals surface area contributed by atoms with Gasteiger partial charge in [0.2, 0.25) is 5.69 Å². The number of aromatic nitrogens is 1. The number of aryl methyl sites for hydroxylation is 2. The van der Waals surface area contributed by atoms with Gasteiger partial charge in [-0.05, 0) is 52.8 Å². The van der Waals surface area contributed by atoms with Crippen LogP contribution in [0.15, 0.2) is 95.5 Å². The SMILES string of the molecule is Cc1ccc2c(oc3c(-c4ccc(-c5ccc(C(C)C)cc5)cc4)c(C#N)ccc32)c1-c1cc(F)cc[n+]1C. The quantitative estimate of drug-likeness (QED) is 0.222. The lowest BCUT2D eigenvalue weighted by Crippen LogP contribution is -2.30. The van der Waals surface area contributed by atoms with Gasteiger partial charge in [-0.25, -0.2) is 8.96 Å². The molecule has 6 aromatic rings. The Morgan fingerprint density at radius 3 is 2.00 bits per heavy atom. The Kier molecular flexibility index (Phi) is 6.00. The second-order valence-corrected chi connectivity index (χ2v) is 10.4. The number of furan rings is 1. The zero-order chi connectivity index (χ0) is 27.3. The minimum Gasteiger partial charge on any atom is -0.454 e. The molecule has 0 amide bonds. The summed E-state index contributed by atoms with van der Waals surface area (Å²) in [7, 11) is 1.90. The van der Waals surface area contributed by atoms with Crippen molar-refractivity contribution < 1.29 is 13.4 Å². The van der Waals surface area contributed by atoms with Crippen LogP contribution in [0.2, 0.25) is 0 Å². The number of benzene rings is 4. The molecule has 6 rings (SSSR count). The topological polar surface area (TPSA) is 40.8 Å². The maximum absolute atomic E-state index is 14.3. The molecule has 190 valence electrons. The van der Waals surface area contributed by atoms with Crippen LogP contribution in [-0.2, 0) is 7.05 Å². The standard InChI is InChI=1S/C35H28FN2O/c1-21(2)23-6-8-24(9-7-23)25-10-12-26(13-11-25)33-27(20-37)14-16-30-29-15-5-22(3)32(34(29)39-35(30)33)31-19-28(36)17-18-38(31)4/h5-19,21H,1-4H3/q+1. The molecule has 0 N–H and O–H groups in total. The zero-order valence-corrected chi connectivity index (χ0v) is 22.4. The first-order chi connectivity index (χ1) is 18.9. The van der Waals surface area contributed by atoms with E-state index in [-0.39, 0.29) is 5.82 Å². The van der Waals surface area contributed by atoms with E-state index >= 15 is 0 Å². The molecule has 39 heavy (non-hydrogen) atoms. The summed E-state index contributed by atoms with van der Waals surface area (Å²) in [5, 5.41) is 11.9. The third-order valence-corrected chi connectivity index (χ3v) is 7.59. The number of pyridine rings is 1. The number of nitriles is 1. The highest BCUT2D eigenvalue weighted by Gasteiger charge is 2.23. The lowest BCUT2D eigenvalue weighted by Gasteiger charge is -2.09. The molecule has 0 bridgehead atoms. The molecule has 2 aromatic heterocycles. The summed E-state index contributed by atoms with van der Waals surface area (Å²) >= 11 is 0. The normalized spacial score (nSPS) is 11.4. The summed E-state index contributed by atoms with van der Waals surface area (Å²) in [6.45, 7) is 6.39. The van der Waals surface area contributed by atoms with E-state index in [4.69, 9.17) is 4.42 Å². The maximum Gasteiger partial charge on any atom is 0.219 e. The van der Waals surface area contributed by atoms with Gasteiger partial charge in [-0.3, -0.25) is 0 Å². The van der Waals surface area contributed by atoms with Gasteiger partial charge in [0.15, 0.2) is 6.20 Å². The first-order valence-corrected chi connectivity index (χ1v) is 13.1. The molecular weight excluding hydrogens is 483 g/mol. The molecule has 0 radical (unpaired) electrons. The lowest BCUT2D eigenvalue weighted by molar-refractivity contribution is -0.660. The molecule has 0 aliphatic carbocycles. The van der Waals surface area contributed by atoms with Crippen LogP contribution in [-0.4, -0.2) is 0 Å². The molecule has 2 heterocycles. The van der Waals surface area contributed by atoms with Crippen molar-refractivity contribution >= 4 is 21.9 Å². The monoisotopic (exact) mass is 511 g/mol. The smallest absolute Gasteiger partial charge is 0.219 e. The Bertz CT molecular complexity index is 1910. The van der Waals surface area contributed by atoms with Gasteiger partial charge in [-0.2, -0.15) is 5.26 Å². The first kappa shape index (κ1) is 24.6. The van der Waals surface area contributed by atoms with Crippen LogP contribution >= 0.6 is 0 Å². The molecule has 4 aromatic carbocycles. The molecule has 0 unspecified atom stereocenters. The number of halogens is 1. The number of rotatable bonds is 4. The van der Waals surface area contributed by atoms with Crippen molar-refractivity contribution in [3.05, 3.63) is 114 Å². The Morgan fingerprint density at radius 2 is 1.36 bits per heavy atom. The molecule has 0 fully saturated rings. The van der Waals surface area contributed by atoms with Crippen LogP contribution in [0.3, 0.4) is 0 Å². The van der Waals surface area contributed by atoms with Crippen LogP contribution in [0.1, 0.15) is 36.5 Å². The summed E-state index contributed by atoms with van der Waals surface area (Å²) in [5.41, 5.74) is 9.69. The Hall–Kier alpha value is -4.75. The Morgan fingerprint density at radius 1 is 0.769 bits per heavy atom. The molecule has 0 saturated carbocycles. The van der Waals surface area contributed by atoms with Gasteiger partial charge >= 0.3 is 0 Å². The highest BCUT2D eigenvalue weighted by Crippen LogP contribution is 2.42. The fraction of sp³-hybridized carbons (Fsp3) is 0.143. The molecule has 0 aliphatic heterocycles. The fourth-order valence-electron chi connectivity index (χ4n) is 5.38. The van der Waals surface area contributed by atoms with E-state index in [1.165, 1.54) is 17.7 Å². The summed E-state index contributed by atoms with van der Waals surface area (Å²) in [6.07, 6.45) is 1.71. The van der Waals surface area contributed by atoms with E-state index in [9.17, 15) is 9.65 Å². The molecule has 3 nitrogen and oxygen atoms in total. The number of nitrogens with zero attached hydrogens (tertiary/aromatic N) is 2. The fourth-order valence-corrected chi connectivity index (χ4v) is 5.38. The van der Waals surface area contributed by atoms with Crippen LogP contribution in [0.25, 0.3) is 55.4 Å². The third-order valence-electron chi connectivity index (χ3n) is 7.59. The number of hydrogen-bond acceptors (Lipinski definition) is 2. The number of hydrogen-bond donors (Lipinski definition) is 0. The molecule has 0 spiro atoms. The molecule has 0 atom stereocenters. The van der Waals surface area contributed by atoms with Crippen LogP contribution in [0, 0.1) is 24.1 Å². The van der Waals surface area contributed by atoms with E-state index in [0.29, 0.717) is 22.6 Å². The lowest BCUT2D eigenvalue weighted by atomic mass is 9.94. The predicted octanol–water partition coefficient (Wildman–Crippen LogP) is 8.85. The summed E-state index contributed by atoms with van der Waals surface area (Å²) in [6, 6.07) is 30.1. The highest BCUT2D eigenvalue weighted by atomic mass is 19.1. The second-order valence-electron chi connectivity index (χ2n) is 10.4. The van der Waals surface area contributed by atoms with Crippen molar-refractivity contribution in [1.82, 2.24) is 0 Å². The molecule has 0 saturated heterocycles. The van der Waals surface area contributed by atoms with Gasteiger partial charge in [-0.1, -0.05) is 74.5 Å². The minimum absolute atomic E-state index is 0.304. The van der Waals surface area contributed by atoms with Crippen LogP contribution < -0.4 is 4.57 Å². The number of fused-ring (bicyclic) bond motifs is 3. The molecule has 0 aliphatic rings.